The minimum absolute atomic E-state index is 0.747. The molecule has 0 heterocycles. The third kappa shape index (κ3) is 3.36. The summed E-state index contributed by atoms with van der Waals surface area (Å²) in [6.45, 7) is 5.66. The lowest BCUT2D eigenvalue weighted by Crippen LogP contribution is -1.94. The Balaban J connectivity index is 3.93. The van der Waals surface area contributed by atoms with Crippen LogP contribution in [0.15, 0.2) is 22.8 Å². The van der Waals surface area contributed by atoms with Crippen LogP contribution in [0.3, 0.4) is 0 Å². The van der Waals surface area contributed by atoms with Gasteiger partial charge in [-0.1, -0.05) is 35.9 Å². The standard InChI is InChI=1S/C7H12BrN/c1-3-5-6(8)7(9)4-2/h4H,2-3,5,9H2,1H3/b7-6-. The Morgan fingerprint density at radius 1 is 1.78 bits per heavy atom. The van der Waals surface area contributed by atoms with E-state index in [1.807, 2.05) is 0 Å². The molecule has 0 amide bonds. The van der Waals surface area contributed by atoms with Gasteiger partial charge in [0.25, 0.3) is 0 Å². The van der Waals surface area contributed by atoms with Crippen molar-refractivity contribution < 1.29 is 0 Å². The average Bonchev–Trinajstić information content (AvgIpc) is 1.87. The summed E-state index contributed by atoms with van der Waals surface area (Å²) in [4.78, 5) is 0. The highest BCUT2D eigenvalue weighted by Gasteiger charge is 1.92. The minimum atomic E-state index is 0.747. The molecule has 0 aromatic heterocycles. The van der Waals surface area contributed by atoms with Gasteiger partial charge < -0.3 is 5.73 Å². The Hall–Kier alpha value is -0.240. The van der Waals surface area contributed by atoms with Crippen molar-refractivity contribution in [2.75, 3.05) is 0 Å². The van der Waals surface area contributed by atoms with Crippen LogP contribution in [0, 0.1) is 0 Å². The van der Waals surface area contributed by atoms with E-state index >= 15 is 0 Å². The van der Waals surface area contributed by atoms with E-state index in [1.54, 1.807) is 6.08 Å². The molecule has 0 saturated carbocycles. The van der Waals surface area contributed by atoms with Crippen molar-refractivity contribution >= 4 is 15.9 Å². The van der Waals surface area contributed by atoms with Gasteiger partial charge in [-0.25, -0.2) is 0 Å². The van der Waals surface area contributed by atoms with Gasteiger partial charge in [0, 0.05) is 10.2 Å². The second-order valence-electron chi connectivity index (χ2n) is 1.81. The number of halogens is 1. The fourth-order valence-corrected chi connectivity index (χ4v) is 1.03. The van der Waals surface area contributed by atoms with Gasteiger partial charge in [0.1, 0.15) is 0 Å². The second kappa shape index (κ2) is 4.62. The Kier molecular flexibility index (Phi) is 4.50. The molecule has 0 aromatic rings. The first kappa shape index (κ1) is 8.76. The zero-order valence-corrected chi connectivity index (χ0v) is 7.24. The summed E-state index contributed by atoms with van der Waals surface area (Å²) in [7, 11) is 0. The fraction of sp³-hybridized carbons (Fsp3) is 0.429. The van der Waals surface area contributed by atoms with Crippen LogP contribution in [0.5, 0.6) is 0 Å². The summed E-state index contributed by atoms with van der Waals surface area (Å²) in [5.74, 6) is 0. The lowest BCUT2D eigenvalue weighted by atomic mass is 10.3. The highest BCUT2D eigenvalue weighted by Crippen LogP contribution is 2.14. The maximum atomic E-state index is 5.52. The number of hydrogen-bond acceptors (Lipinski definition) is 1. The SMILES string of the molecule is C=C/C(N)=C(/Br)CCC. The topological polar surface area (TPSA) is 26.0 Å². The molecule has 0 bridgehead atoms. The van der Waals surface area contributed by atoms with E-state index in [4.69, 9.17) is 5.73 Å². The van der Waals surface area contributed by atoms with Crippen molar-refractivity contribution in [2.24, 2.45) is 5.73 Å². The Bertz CT molecular complexity index is 127. The highest BCUT2D eigenvalue weighted by atomic mass is 79.9. The van der Waals surface area contributed by atoms with Crippen molar-refractivity contribution in [3.63, 3.8) is 0 Å². The highest BCUT2D eigenvalue weighted by molar-refractivity contribution is 9.11. The van der Waals surface area contributed by atoms with Crippen molar-refractivity contribution in [2.45, 2.75) is 19.8 Å². The summed E-state index contributed by atoms with van der Waals surface area (Å²) in [5, 5.41) is 0. The number of allylic oxidation sites excluding steroid dienone is 2. The maximum Gasteiger partial charge on any atom is 0.0410 e. The molecule has 52 valence electrons. The molecule has 0 spiro atoms. The molecule has 2 heteroatoms. The third-order valence-electron chi connectivity index (χ3n) is 1.00. The van der Waals surface area contributed by atoms with E-state index in [9.17, 15) is 0 Å². The average molecular weight is 190 g/mol. The fourth-order valence-electron chi connectivity index (χ4n) is 0.475. The molecule has 9 heavy (non-hydrogen) atoms. The first-order valence-electron chi connectivity index (χ1n) is 2.99. The Labute approximate surface area is 64.8 Å². The summed E-state index contributed by atoms with van der Waals surface area (Å²) >= 11 is 3.35. The van der Waals surface area contributed by atoms with Gasteiger partial charge in [-0.05, 0) is 12.5 Å². The van der Waals surface area contributed by atoms with E-state index in [-0.39, 0.29) is 0 Å². The van der Waals surface area contributed by atoms with E-state index in [0.29, 0.717) is 0 Å². The molecule has 0 aliphatic rings. The van der Waals surface area contributed by atoms with Gasteiger partial charge in [-0.15, -0.1) is 0 Å². The van der Waals surface area contributed by atoms with Crippen LogP contribution in [0.1, 0.15) is 19.8 Å². The Morgan fingerprint density at radius 3 is 2.67 bits per heavy atom. The molecule has 0 aliphatic heterocycles. The van der Waals surface area contributed by atoms with Gasteiger partial charge >= 0.3 is 0 Å². The summed E-state index contributed by atoms with van der Waals surface area (Å²) in [5.41, 5.74) is 6.26. The summed E-state index contributed by atoms with van der Waals surface area (Å²) < 4.78 is 1.06. The summed E-state index contributed by atoms with van der Waals surface area (Å²) in [6.07, 6.45) is 3.76. The molecule has 1 nitrogen and oxygen atoms in total. The molecule has 0 saturated heterocycles. The largest absolute Gasteiger partial charge is 0.398 e. The molecule has 0 unspecified atom stereocenters. The lowest BCUT2D eigenvalue weighted by Gasteiger charge is -1.97. The first-order valence-corrected chi connectivity index (χ1v) is 3.78. The zero-order valence-electron chi connectivity index (χ0n) is 5.65. The van der Waals surface area contributed by atoms with Crippen molar-refractivity contribution in [3.05, 3.63) is 22.8 Å². The molecule has 0 fully saturated rings. The van der Waals surface area contributed by atoms with Crippen LogP contribution in [0.2, 0.25) is 0 Å². The van der Waals surface area contributed by atoms with Crippen molar-refractivity contribution in [1.82, 2.24) is 0 Å². The van der Waals surface area contributed by atoms with Gasteiger partial charge in [-0.3, -0.25) is 0 Å². The number of nitrogens with two attached hydrogens (primary N) is 1. The molecule has 2 N–H and O–H groups in total. The molecule has 0 atom stereocenters. The number of rotatable bonds is 3. The van der Waals surface area contributed by atoms with Crippen molar-refractivity contribution in [1.29, 1.82) is 0 Å². The van der Waals surface area contributed by atoms with Crippen LogP contribution in [0.25, 0.3) is 0 Å². The molecular formula is C7H12BrN. The lowest BCUT2D eigenvalue weighted by molar-refractivity contribution is 0.941. The molecule has 0 aliphatic carbocycles. The van der Waals surface area contributed by atoms with Crippen LogP contribution in [0.4, 0.5) is 0 Å². The van der Waals surface area contributed by atoms with E-state index < -0.39 is 0 Å². The zero-order chi connectivity index (χ0) is 7.28. The predicted octanol–water partition coefficient (Wildman–Crippen LogP) is 2.54. The maximum absolute atomic E-state index is 5.52. The Morgan fingerprint density at radius 2 is 2.33 bits per heavy atom. The van der Waals surface area contributed by atoms with Crippen LogP contribution >= 0.6 is 15.9 Å². The van der Waals surface area contributed by atoms with Gasteiger partial charge in [0.15, 0.2) is 0 Å². The third-order valence-corrected chi connectivity index (χ3v) is 1.86. The predicted molar refractivity (Wildman–Crippen MR) is 45.2 cm³/mol. The molecular weight excluding hydrogens is 178 g/mol. The smallest absolute Gasteiger partial charge is 0.0410 e. The van der Waals surface area contributed by atoms with E-state index in [2.05, 4.69) is 29.4 Å². The van der Waals surface area contributed by atoms with Crippen LogP contribution in [-0.2, 0) is 0 Å². The number of hydrogen-bond donors (Lipinski definition) is 1. The molecule has 0 aromatic carbocycles. The normalized spacial score (nSPS) is 12.7. The molecule has 0 radical (unpaired) electrons. The van der Waals surface area contributed by atoms with Crippen LogP contribution in [-0.4, -0.2) is 0 Å². The quantitative estimate of drug-likeness (QED) is 0.680. The van der Waals surface area contributed by atoms with Crippen LogP contribution < -0.4 is 5.73 Å². The second-order valence-corrected chi connectivity index (χ2v) is 2.77. The van der Waals surface area contributed by atoms with Crippen molar-refractivity contribution in [3.8, 4) is 0 Å². The van der Waals surface area contributed by atoms with Gasteiger partial charge in [0.2, 0.25) is 0 Å². The van der Waals surface area contributed by atoms with E-state index in [1.165, 1.54) is 0 Å². The minimum Gasteiger partial charge on any atom is -0.398 e. The van der Waals surface area contributed by atoms with E-state index in [0.717, 1.165) is 23.0 Å². The molecule has 0 rings (SSSR count). The van der Waals surface area contributed by atoms with Gasteiger partial charge in [0.05, 0.1) is 0 Å². The monoisotopic (exact) mass is 189 g/mol. The summed E-state index contributed by atoms with van der Waals surface area (Å²) in [6, 6.07) is 0. The first-order chi connectivity index (χ1) is 4.22. The van der Waals surface area contributed by atoms with Gasteiger partial charge in [-0.2, -0.15) is 0 Å².